The predicted molar refractivity (Wildman–Crippen MR) is 64.1 cm³/mol. The van der Waals surface area contributed by atoms with Gasteiger partial charge in [0.25, 0.3) is 0 Å². The first-order valence-corrected chi connectivity index (χ1v) is 7.52. The van der Waals surface area contributed by atoms with Gasteiger partial charge in [0.05, 0.1) is 6.10 Å². The van der Waals surface area contributed by atoms with Crippen LogP contribution >= 0.6 is 11.8 Å². The average Bonchev–Trinajstić information content (AvgIpc) is 2.62. The lowest BCUT2D eigenvalue weighted by Crippen LogP contribution is -2.51. The number of hydrogen-bond acceptors (Lipinski definition) is 3. The van der Waals surface area contributed by atoms with E-state index in [0.717, 1.165) is 12.3 Å². The third-order valence-electron chi connectivity index (χ3n) is 4.45. The van der Waals surface area contributed by atoms with E-state index in [4.69, 9.17) is 0 Å². The molecule has 0 saturated carbocycles. The minimum atomic E-state index is -0.0209. The molecule has 3 fully saturated rings. The van der Waals surface area contributed by atoms with Gasteiger partial charge >= 0.3 is 0 Å². The maximum absolute atomic E-state index is 10.3. The summed E-state index contributed by atoms with van der Waals surface area (Å²) in [6.45, 7) is 0. The molecule has 3 aliphatic heterocycles. The van der Waals surface area contributed by atoms with Gasteiger partial charge in [0.15, 0.2) is 0 Å². The van der Waals surface area contributed by atoms with Crippen LogP contribution in [0.15, 0.2) is 0 Å². The Bertz CT molecular complexity index is 230. The second kappa shape index (κ2) is 4.27. The van der Waals surface area contributed by atoms with Crippen molar-refractivity contribution in [2.24, 2.45) is 11.8 Å². The number of piperidine rings is 1. The Hall–Kier alpha value is 0.270. The number of rotatable bonds is 1. The number of hydrogen-bond donors (Lipinski definition) is 2. The molecule has 3 rings (SSSR count). The Morgan fingerprint density at radius 1 is 1.20 bits per heavy atom. The molecule has 0 radical (unpaired) electrons. The molecule has 15 heavy (non-hydrogen) atoms. The highest BCUT2D eigenvalue weighted by Gasteiger charge is 2.44. The normalized spacial score (nSPS) is 50.6. The van der Waals surface area contributed by atoms with Gasteiger partial charge in [-0.2, -0.15) is 11.8 Å². The molecule has 0 spiro atoms. The van der Waals surface area contributed by atoms with Crippen molar-refractivity contribution in [3.8, 4) is 0 Å². The zero-order valence-electron chi connectivity index (χ0n) is 9.19. The molecule has 2 nitrogen and oxygen atoms in total. The molecule has 0 amide bonds. The van der Waals surface area contributed by atoms with Crippen molar-refractivity contribution < 1.29 is 5.11 Å². The Kier molecular flexibility index (Phi) is 2.97. The van der Waals surface area contributed by atoms with Crippen LogP contribution in [0.5, 0.6) is 0 Å². The fourth-order valence-electron chi connectivity index (χ4n) is 3.77. The van der Waals surface area contributed by atoms with Crippen molar-refractivity contribution in [3.63, 3.8) is 0 Å². The number of fused-ring (bicyclic) bond motifs is 2. The number of aliphatic hydroxyl groups excluding tert-OH is 1. The van der Waals surface area contributed by atoms with Gasteiger partial charge in [0.2, 0.25) is 0 Å². The van der Waals surface area contributed by atoms with Crippen LogP contribution in [0.3, 0.4) is 0 Å². The quantitative estimate of drug-likeness (QED) is 0.714. The first kappa shape index (κ1) is 10.4. The molecule has 86 valence electrons. The molecule has 0 aliphatic carbocycles. The summed E-state index contributed by atoms with van der Waals surface area (Å²) in [6.07, 6.45) is 6.27. The molecule has 3 aliphatic rings. The molecule has 3 heteroatoms. The van der Waals surface area contributed by atoms with E-state index in [9.17, 15) is 5.11 Å². The molecule has 2 bridgehead atoms. The van der Waals surface area contributed by atoms with Crippen molar-refractivity contribution in [1.29, 1.82) is 0 Å². The van der Waals surface area contributed by atoms with Crippen molar-refractivity contribution in [2.45, 2.75) is 50.3 Å². The third-order valence-corrected chi connectivity index (χ3v) is 5.69. The molecule has 5 atom stereocenters. The zero-order valence-corrected chi connectivity index (χ0v) is 10.0. The lowest BCUT2D eigenvalue weighted by molar-refractivity contribution is 0.0225. The van der Waals surface area contributed by atoms with E-state index in [0.29, 0.717) is 18.0 Å². The molecular weight excluding hydrogens is 206 g/mol. The van der Waals surface area contributed by atoms with Crippen LogP contribution in [-0.2, 0) is 0 Å². The summed E-state index contributed by atoms with van der Waals surface area (Å²) >= 11 is 2.09. The van der Waals surface area contributed by atoms with Gasteiger partial charge in [-0.3, -0.25) is 0 Å². The smallest absolute Gasteiger partial charge is 0.0601 e. The van der Waals surface area contributed by atoms with Crippen LogP contribution in [0.4, 0.5) is 0 Å². The van der Waals surface area contributed by atoms with E-state index >= 15 is 0 Å². The van der Waals surface area contributed by atoms with Gasteiger partial charge in [-0.1, -0.05) is 0 Å². The molecule has 5 unspecified atom stereocenters. The van der Waals surface area contributed by atoms with E-state index in [1.807, 2.05) is 0 Å². The van der Waals surface area contributed by atoms with Crippen molar-refractivity contribution in [3.05, 3.63) is 0 Å². The minimum absolute atomic E-state index is 0.0209. The summed E-state index contributed by atoms with van der Waals surface area (Å²) in [5.74, 6) is 3.94. The van der Waals surface area contributed by atoms with Gasteiger partial charge in [0.1, 0.15) is 0 Å². The summed E-state index contributed by atoms with van der Waals surface area (Å²) < 4.78 is 0. The molecule has 0 aromatic heterocycles. The average molecular weight is 227 g/mol. The van der Waals surface area contributed by atoms with E-state index in [-0.39, 0.29) is 6.10 Å². The summed E-state index contributed by atoms with van der Waals surface area (Å²) in [4.78, 5) is 0. The maximum Gasteiger partial charge on any atom is 0.0601 e. The predicted octanol–water partition coefficient (Wildman–Crippen LogP) is 1.63. The second-order valence-corrected chi connectivity index (χ2v) is 6.55. The van der Waals surface area contributed by atoms with Crippen molar-refractivity contribution >= 4 is 11.8 Å². The maximum atomic E-state index is 10.3. The second-order valence-electron chi connectivity index (χ2n) is 5.41. The Labute approximate surface area is 96.2 Å². The summed E-state index contributed by atoms with van der Waals surface area (Å²) in [7, 11) is 0. The summed E-state index contributed by atoms with van der Waals surface area (Å²) in [5.41, 5.74) is 0. The first-order valence-electron chi connectivity index (χ1n) is 6.36. The topological polar surface area (TPSA) is 32.3 Å². The fraction of sp³-hybridized carbons (Fsp3) is 1.00. The van der Waals surface area contributed by atoms with Gasteiger partial charge in [0, 0.05) is 18.0 Å². The highest BCUT2D eigenvalue weighted by atomic mass is 32.2. The van der Waals surface area contributed by atoms with Gasteiger partial charge in [-0.15, -0.1) is 0 Å². The van der Waals surface area contributed by atoms with Gasteiger partial charge in [-0.05, 0) is 49.5 Å². The van der Waals surface area contributed by atoms with E-state index in [1.165, 1.54) is 37.2 Å². The number of thioether (sulfide) groups is 1. The first-order chi connectivity index (χ1) is 7.34. The lowest BCUT2D eigenvalue weighted by Gasteiger charge is -2.41. The molecule has 3 heterocycles. The SMILES string of the molecule is OC1CC2CCC(N2)C1C1CCCSC1. The lowest BCUT2D eigenvalue weighted by atomic mass is 9.78. The highest BCUT2D eigenvalue weighted by Crippen LogP contribution is 2.40. The Morgan fingerprint density at radius 3 is 2.93 bits per heavy atom. The molecule has 3 saturated heterocycles. The zero-order chi connectivity index (χ0) is 10.3. The van der Waals surface area contributed by atoms with E-state index in [1.54, 1.807) is 0 Å². The molecular formula is C12H21NOS. The highest BCUT2D eigenvalue weighted by molar-refractivity contribution is 7.99. The van der Waals surface area contributed by atoms with Gasteiger partial charge in [-0.25, -0.2) is 0 Å². The monoisotopic (exact) mass is 227 g/mol. The molecule has 0 aromatic rings. The van der Waals surface area contributed by atoms with Crippen LogP contribution in [-0.4, -0.2) is 34.8 Å². The standard InChI is InChI=1S/C12H21NOS/c14-11-6-9-3-4-10(13-9)12(11)8-2-1-5-15-7-8/h8-14H,1-7H2. The van der Waals surface area contributed by atoms with Crippen LogP contribution in [0.1, 0.15) is 32.1 Å². The summed E-state index contributed by atoms with van der Waals surface area (Å²) in [6, 6.07) is 1.25. The van der Waals surface area contributed by atoms with Crippen molar-refractivity contribution in [2.75, 3.05) is 11.5 Å². The Morgan fingerprint density at radius 2 is 2.13 bits per heavy atom. The van der Waals surface area contributed by atoms with Crippen LogP contribution in [0, 0.1) is 11.8 Å². The molecule has 0 aromatic carbocycles. The van der Waals surface area contributed by atoms with E-state index < -0.39 is 0 Å². The van der Waals surface area contributed by atoms with Crippen molar-refractivity contribution in [1.82, 2.24) is 5.32 Å². The van der Waals surface area contributed by atoms with E-state index in [2.05, 4.69) is 17.1 Å². The Balaban J connectivity index is 1.71. The number of aliphatic hydroxyl groups is 1. The third kappa shape index (κ3) is 1.94. The van der Waals surface area contributed by atoms with Gasteiger partial charge < -0.3 is 10.4 Å². The largest absolute Gasteiger partial charge is 0.393 e. The van der Waals surface area contributed by atoms with Crippen LogP contribution in [0.2, 0.25) is 0 Å². The fourth-order valence-corrected chi connectivity index (χ4v) is 5.00. The van der Waals surface area contributed by atoms with Crippen LogP contribution in [0.25, 0.3) is 0 Å². The summed E-state index contributed by atoms with van der Waals surface area (Å²) in [5, 5.41) is 14.0. The number of nitrogens with one attached hydrogen (secondary N) is 1. The minimum Gasteiger partial charge on any atom is -0.393 e. The molecule has 2 N–H and O–H groups in total. The van der Waals surface area contributed by atoms with Crippen LogP contribution < -0.4 is 5.32 Å².